The fourth-order valence-electron chi connectivity index (χ4n) is 7.31. The number of aromatic amines is 1. The number of carbonyl (C=O) groups excluding carboxylic acids is 1. The average molecular weight is 517 g/mol. The molecule has 5 aliphatic rings. The summed E-state index contributed by atoms with van der Waals surface area (Å²) >= 11 is 0. The molecule has 1 aliphatic heterocycles. The van der Waals surface area contributed by atoms with Crippen molar-refractivity contribution >= 4 is 31.2 Å². The van der Waals surface area contributed by atoms with E-state index in [1.807, 2.05) is 25.1 Å². The number of benzene rings is 2. The highest BCUT2D eigenvalue weighted by atomic mass is 31.1. The number of H-pyrrole nitrogens is 1. The summed E-state index contributed by atoms with van der Waals surface area (Å²) in [5.74, 6) is 0.821. The lowest BCUT2D eigenvalue weighted by molar-refractivity contribution is -0.130. The van der Waals surface area contributed by atoms with Crippen molar-refractivity contribution in [2.75, 3.05) is 11.5 Å². The highest BCUT2D eigenvalue weighted by Crippen LogP contribution is 2.71. The second-order valence-electron chi connectivity index (χ2n) is 11.1. The number of hydrogen-bond donors (Lipinski definition) is 2. The molecule has 4 aliphatic carbocycles. The van der Waals surface area contributed by atoms with Gasteiger partial charge in [-0.2, -0.15) is 5.26 Å². The van der Waals surface area contributed by atoms with Crippen molar-refractivity contribution in [3.8, 4) is 17.3 Å². The summed E-state index contributed by atoms with van der Waals surface area (Å²) < 4.78 is 0. The van der Waals surface area contributed by atoms with E-state index in [2.05, 4.69) is 76.8 Å². The lowest BCUT2D eigenvalue weighted by Gasteiger charge is -2.58. The van der Waals surface area contributed by atoms with E-state index in [4.69, 9.17) is 0 Å². The molecule has 0 fully saturated rings. The van der Waals surface area contributed by atoms with Crippen LogP contribution in [0.1, 0.15) is 26.7 Å². The number of carbonyl (C=O) groups is 1. The van der Waals surface area contributed by atoms with Gasteiger partial charge in [0.2, 0.25) is 11.9 Å². The van der Waals surface area contributed by atoms with Crippen LogP contribution in [0.2, 0.25) is 0 Å². The predicted molar refractivity (Wildman–Crippen MR) is 154 cm³/mol. The Labute approximate surface area is 224 Å². The minimum absolute atomic E-state index is 0.146. The van der Waals surface area contributed by atoms with Crippen molar-refractivity contribution in [2.45, 2.75) is 26.7 Å². The highest BCUT2D eigenvalue weighted by molar-refractivity contribution is 7.43. The van der Waals surface area contributed by atoms with Gasteiger partial charge in [-0.1, -0.05) is 87.8 Å². The van der Waals surface area contributed by atoms with Crippen LogP contribution in [0, 0.1) is 34.0 Å². The summed E-state index contributed by atoms with van der Waals surface area (Å²) in [4.78, 5) is 22.1. The Hall–Kier alpha value is -3.74. The van der Waals surface area contributed by atoms with Crippen LogP contribution >= 0.6 is 8.58 Å². The maximum absolute atomic E-state index is 14.2. The first-order chi connectivity index (χ1) is 18.5. The van der Waals surface area contributed by atoms with E-state index < -0.39 is 10.8 Å². The zero-order chi connectivity index (χ0) is 26.1. The summed E-state index contributed by atoms with van der Waals surface area (Å²) in [6, 6.07) is 17.2. The van der Waals surface area contributed by atoms with Gasteiger partial charge in [-0.15, -0.1) is 0 Å². The molecule has 8 rings (SSSR count). The van der Waals surface area contributed by atoms with Gasteiger partial charge in [-0.3, -0.25) is 10.1 Å². The summed E-state index contributed by atoms with van der Waals surface area (Å²) in [6.07, 6.45) is 13.1. The molecule has 5 atom stereocenters. The van der Waals surface area contributed by atoms with Crippen molar-refractivity contribution in [1.29, 1.82) is 5.26 Å². The van der Waals surface area contributed by atoms with Crippen LogP contribution in [0.5, 0.6) is 0 Å². The van der Waals surface area contributed by atoms with E-state index in [1.165, 1.54) is 16.5 Å². The van der Waals surface area contributed by atoms with Gasteiger partial charge < -0.3 is 4.98 Å². The highest BCUT2D eigenvalue weighted by Gasteiger charge is 2.66. The first-order valence-electron chi connectivity index (χ1n) is 13.3. The maximum Gasteiger partial charge on any atom is 0.234 e. The SMILES string of the molecule is CC1CC=CC2=C1C1CC(C)(C(=O)Nc3ncc(-c4cccc5ccccc45)[nH]3)C2(C#N)C2=C1C=CCP2. The Kier molecular flexibility index (Phi) is 5.16. The number of nitrogens with zero attached hydrogens (tertiary/aromatic N) is 2. The number of anilines is 1. The molecule has 1 amide bonds. The van der Waals surface area contributed by atoms with E-state index >= 15 is 0 Å². The number of aromatic nitrogens is 2. The molecule has 5 nitrogen and oxygen atoms in total. The van der Waals surface area contributed by atoms with E-state index in [0.29, 0.717) is 26.9 Å². The molecule has 0 radical (unpaired) electrons. The molecule has 3 aromatic rings. The molecule has 2 N–H and O–H groups in total. The zero-order valence-corrected chi connectivity index (χ0v) is 22.5. The second kappa shape index (κ2) is 8.38. The van der Waals surface area contributed by atoms with Crippen molar-refractivity contribution in [1.82, 2.24) is 9.97 Å². The van der Waals surface area contributed by atoms with Gasteiger partial charge in [0.25, 0.3) is 0 Å². The number of fused-ring (bicyclic) bond motifs is 2. The largest absolute Gasteiger partial charge is 0.324 e. The van der Waals surface area contributed by atoms with Gasteiger partial charge in [-0.05, 0) is 59.1 Å². The van der Waals surface area contributed by atoms with Crippen LogP contribution < -0.4 is 5.32 Å². The van der Waals surface area contributed by atoms with Gasteiger partial charge in [0.1, 0.15) is 5.41 Å². The molecular weight excluding hydrogens is 487 g/mol. The standard InChI is InChI=1S/C32H29N4OP/c1-19-8-5-14-25-27(19)24-16-31(2,32(25,18-33)28-23(24)13-7-15-38-28)29(37)36-30-34-17-26(35-30)22-12-6-10-20-9-3-4-11-21(20)22/h3-7,9-14,17,19,24,38H,8,15-16H2,1-2H3,(H2,34,35,36,37). The van der Waals surface area contributed by atoms with Crippen molar-refractivity contribution in [3.63, 3.8) is 0 Å². The van der Waals surface area contributed by atoms with Gasteiger partial charge in [0.15, 0.2) is 0 Å². The quantitative estimate of drug-likeness (QED) is 0.364. The minimum Gasteiger partial charge on any atom is -0.324 e. The Morgan fingerprint density at radius 1 is 1.18 bits per heavy atom. The van der Waals surface area contributed by atoms with Gasteiger partial charge in [0, 0.05) is 11.5 Å². The van der Waals surface area contributed by atoms with E-state index in [1.54, 1.807) is 6.20 Å². The van der Waals surface area contributed by atoms with Crippen LogP contribution in [0.3, 0.4) is 0 Å². The zero-order valence-electron chi connectivity index (χ0n) is 21.5. The fourth-order valence-corrected chi connectivity index (χ4v) is 8.94. The summed E-state index contributed by atoms with van der Waals surface area (Å²) in [5, 5.41) is 17.5. The molecule has 2 heterocycles. The van der Waals surface area contributed by atoms with E-state index in [-0.39, 0.29) is 11.8 Å². The van der Waals surface area contributed by atoms with Crippen LogP contribution in [-0.2, 0) is 4.79 Å². The molecular formula is C32H29N4OP. The maximum atomic E-state index is 14.2. The van der Waals surface area contributed by atoms with Crippen molar-refractivity contribution in [2.24, 2.45) is 22.7 Å². The van der Waals surface area contributed by atoms with E-state index in [0.717, 1.165) is 40.2 Å². The molecule has 188 valence electrons. The third-order valence-corrected chi connectivity index (χ3v) is 10.6. The molecule has 0 spiro atoms. The number of nitriles is 1. The predicted octanol–water partition coefficient (Wildman–Crippen LogP) is 7.11. The van der Waals surface area contributed by atoms with Crippen LogP contribution in [0.25, 0.3) is 22.0 Å². The summed E-state index contributed by atoms with van der Waals surface area (Å²) in [6.45, 7) is 4.26. The molecule has 1 aromatic heterocycles. The van der Waals surface area contributed by atoms with Gasteiger partial charge in [-0.25, -0.2) is 4.98 Å². The van der Waals surface area contributed by atoms with Gasteiger partial charge >= 0.3 is 0 Å². The lowest BCUT2D eigenvalue weighted by atomic mass is 9.45. The van der Waals surface area contributed by atoms with Crippen LogP contribution in [0.4, 0.5) is 5.95 Å². The number of allylic oxidation sites excluding steroid dienone is 8. The molecule has 2 aromatic carbocycles. The Morgan fingerprint density at radius 2 is 2.03 bits per heavy atom. The molecule has 5 unspecified atom stereocenters. The molecule has 2 bridgehead atoms. The van der Waals surface area contributed by atoms with Crippen LogP contribution in [-0.4, -0.2) is 22.0 Å². The van der Waals surface area contributed by atoms with Gasteiger partial charge in [0.05, 0.1) is 23.4 Å². The number of nitrogens with one attached hydrogen (secondary N) is 2. The third-order valence-electron chi connectivity index (χ3n) is 9.13. The van der Waals surface area contributed by atoms with Crippen molar-refractivity contribution in [3.05, 3.63) is 95.0 Å². The summed E-state index contributed by atoms with van der Waals surface area (Å²) in [7, 11) is 0.525. The topological polar surface area (TPSA) is 81.6 Å². The van der Waals surface area contributed by atoms with E-state index in [9.17, 15) is 10.1 Å². The summed E-state index contributed by atoms with van der Waals surface area (Å²) in [5.41, 5.74) is 3.75. The smallest absolute Gasteiger partial charge is 0.234 e. The Bertz CT molecular complexity index is 1680. The molecule has 38 heavy (non-hydrogen) atoms. The lowest BCUT2D eigenvalue weighted by Crippen LogP contribution is -2.57. The van der Waals surface area contributed by atoms with Crippen LogP contribution in [0.15, 0.2) is 95.0 Å². The Morgan fingerprint density at radius 3 is 2.89 bits per heavy atom. The monoisotopic (exact) mass is 516 g/mol. The first kappa shape index (κ1) is 23.4. The second-order valence-corrected chi connectivity index (χ2v) is 12.4. The number of hydrogen-bond acceptors (Lipinski definition) is 3. The number of rotatable bonds is 3. The average Bonchev–Trinajstić information content (AvgIpc) is 3.41. The third kappa shape index (κ3) is 3.01. The normalized spacial score (nSPS) is 29.9. The molecule has 0 saturated heterocycles. The first-order valence-corrected chi connectivity index (χ1v) is 14.5. The van der Waals surface area contributed by atoms with Crippen molar-refractivity contribution < 1.29 is 4.79 Å². The fraction of sp³-hybridized carbons (Fsp3) is 0.281. The number of imidazole rings is 1. The molecule has 0 saturated carbocycles. The molecule has 6 heteroatoms. The number of amides is 1. The minimum atomic E-state index is -0.962. The Balaban J connectivity index is 1.29.